The first kappa shape index (κ1) is 16.1. The maximum atomic E-state index is 12.2. The molecule has 98 valence electrons. The minimum Gasteiger partial charge on any atom is -0.313 e. The van der Waals surface area contributed by atoms with Crippen molar-refractivity contribution in [3.63, 3.8) is 0 Å². The zero-order chi connectivity index (χ0) is 12.6. The quantitative estimate of drug-likeness (QED) is 0.678. The van der Waals surface area contributed by atoms with E-state index in [-0.39, 0.29) is 5.25 Å². The molecule has 0 heterocycles. The highest BCUT2D eigenvalue weighted by Gasteiger charge is 2.25. The summed E-state index contributed by atoms with van der Waals surface area (Å²) in [5, 5.41) is 4.15. The molecular formula is C13H29NOS. The van der Waals surface area contributed by atoms with Gasteiger partial charge in [-0.25, -0.2) is 0 Å². The Labute approximate surface area is 104 Å². The fourth-order valence-corrected chi connectivity index (χ4v) is 3.60. The summed E-state index contributed by atoms with van der Waals surface area (Å²) in [7, 11) is -0.707. The van der Waals surface area contributed by atoms with Crippen LogP contribution in [0.25, 0.3) is 0 Å². The second kappa shape index (κ2) is 9.17. The first-order valence-electron chi connectivity index (χ1n) is 6.71. The third kappa shape index (κ3) is 5.44. The van der Waals surface area contributed by atoms with Gasteiger partial charge in [0.2, 0.25) is 0 Å². The predicted molar refractivity (Wildman–Crippen MR) is 74.3 cm³/mol. The molecule has 0 amide bonds. The third-order valence-electron chi connectivity index (χ3n) is 2.87. The molecule has 1 N–H and O–H groups in total. The Morgan fingerprint density at radius 3 is 2.12 bits per heavy atom. The minimum atomic E-state index is -0.707. The van der Waals surface area contributed by atoms with Crippen LogP contribution >= 0.6 is 0 Å². The summed E-state index contributed by atoms with van der Waals surface area (Å²) in [6.45, 7) is 11.7. The van der Waals surface area contributed by atoms with E-state index in [9.17, 15) is 4.21 Å². The van der Waals surface area contributed by atoms with Crippen LogP contribution in [0.5, 0.6) is 0 Å². The van der Waals surface area contributed by atoms with Crippen LogP contribution in [0.15, 0.2) is 0 Å². The topological polar surface area (TPSA) is 29.1 Å². The lowest BCUT2D eigenvalue weighted by atomic mass is 10.1. The first-order chi connectivity index (χ1) is 7.58. The summed E-state index contributed by atoms with van der Waals surface area (Å²) < 4.78 is 12.2. The van der Waals surface area contributed by atoms with Crippen LogP contribution in [0.3, 0.4) is 0 Å². The van der Waals surface area contributed by atoms with Crippen LogP contribution in [-0.2, 0) is 10.8 Å². The number of nitrogens with one attached hydrogen (secondary N) is 1. The summed E-state index contributed by atoms with van der Waals surface area (Å²) in [6.07, 6.45) is 4.45. The van der Waals surface area contributed by atoms with E-state index < -0.39 is 10.8 Å². The van der Waals surface area contributed by atoms with Gasteiger partial charge in [-0.1, -0.05) is 41.0 Å². The van der Waals surface area contributed by atoms with E-state index in [0.29, 0.717) is 11.3 Å². The average Bonchev–Trinajstić information content (AvgIpc) is 2.26. The van der Waals surface area contributed by atoms with Gasteiger partial charge >= 0.3 is 0 Å². The molecule has 0 saturated carbocycles. The van der Waals surface area contributed by atoms with Gasteiger partial charge < -0.3 is 5.32 Å². The van der Waals surface area contributed by atoms with Gasteiger partial charge in [0.25, 0.3) is 0 Å². The molecule has 0 radical (unpaired) electrons. The Kier molecular flexibility index (Phi) is 9.24. The molecule has 0 aliphatic rings. The standard InChI is InChI=1S/C13H29NOS/c1-6-9-12(14-10-7-2)13(8-3)16(15)11(4)5/h11-14H,6-10H2,1-5H3. The normalized spacial score (nSPS) is 17.4. The van der Waals surface area contributed by atoms with Crippen molar-refractivity contribution >= 4 is 10.8 Å². The molecule has 0 saturated heterocycles. The lowest BCUT2D eigenvalue weighted by molar-refractivity contribution is 0.446. The molecule has 3 unspecified atom stereocenters. The zero-order valence-corrected chi connectivity index (χ0v) is 12.4. The van der Waals surface area contributed by atoms with E-state index in [1.165, 1.54) is 0 Å². The van der Waals surface area contributed by atoms with Gasteiger partial charge in [0.05, 0.1) is 5.25 Å². The monoisotopic (exact) mass is 247 g/mol. The maximum Gasteiger partial charge on any atom is 0.0501 e. The summed E-state index contributed by atoms with van der Waals surface area (Å²) >= 11 is 0. The Hall–Kier alpha value is 0.110. The van der Waals surface area contributed by atoms with Crippen molar-refractivity contribution in [2.75, 3.05) is 6.54 Å². The van der Waals surface area contributed by atoms with Gasteiger partial charge in [-0.2, -0.15) is 0 Å². The average molecular weight is 247 g/mol. The summed E-state index contributed by atoms with van der Waals surface area (Å²) in [5.41, 5.74) is 0. The number of rotatable bonds is 9. The van der Waals surface area contributed by atoms with Crippen LogP contribution in [0.1, 0.15) is 60.3 Å². The Balaban J connectivity index is 4.49. The molecule has 0 aromatic heterocycles. The molecule has 2 nitrogen and oxygen atoms in total. The summed E-state index contributed by atoms with van der Waals surface area (Å²) in [4.78, 5) is 0. The lowest BCUT2D eigenvalue weighted by Gasteiger charge is -2.28. The summed E-state index contributed by atoms with van der Waals surface area (Å²) in [5.74, 6) is 0. The van der Waals surface area contributed by atoms with Crippen molar-refractivity contribution in [2.24, 2.45) is 0 Å². The van der Waals surface area contributed by atoms with Gasteiger partial charge in [0, 0.05) is 22.1 Å². The van der Waals surface area contributed by atoms with Crippen molar-refractivity contribution < 1.29 is 4.21 Å². The lowest BCUT2D eigenvalue weighted by Crippen LogP contribution is -2.43. The first-order valence-corrected chi connectivity index (χ1v) is 7.98. The third-order valence-corrected chi connectivity index (χ3v) is 5.06. The molecule has 16 heavy (non-hydrogen) atoms. The second-order valence-electron chi connectivity index (χ2n) is 4.67. The van der Waals surface area contributed by atoms with Crippen molar-refractivity contribution in [2.45, 2.75) is 76.8 Å². The van der Waals surface area contributed by atoms with Crippen LogP contribution < -0.4 is 5.32 Å². The molecule has 0 rings (SSSR count). The van der Waals surface area contributed by atoms with Crippen molar-refractivity contribution in [1.82, 2.24) is 5.32 Å². The summed E-state index contributed by atoms with van der Waals surface area (Å²) in [6, 6.07) is 0.429. The molecular weight excluding hydrogens is 218 g/mol. The fourth-order valence-electron chi connectivity index (χ4n) is 2.02. The zero-order valence-electron chi connectivity index (χ0n) is 11.6. The van der Waals surface area contributed by atoms with E-state index >= 15 is 0 Å². The predicted octanol–water partition coefficient (Wildman–Crippen LogP) is 3.09. The van der Waals surface area contributed by atoms with Gasteiger partial charge in [-0.15, -0.1) is 0 Å². The number of hydrogen-bond acceptors (Lipinski definition) is 2. The molecule has 0 aromatic carbocycles. The van der Waals surface area contributed by atoms with E-state index in [0.717, 1.165) is 32.2 Å². The van der Waals surface area contributed by atoms with E-state index in [1.807, 2.05) is 0 Å². The van der Waals surface area contributed by atoms with Crippen molar-refractivity contribution in [1.29, 1.82) is 0 Å². The highest BCUT2D eigenvalue weighted by molar-refractivity contribution is 7.86. The highest BCUT2D eigenvalue weighted by Crippen LogP contribution is 2.16. The molecule has 0 aliphatic carbocycles. The molecule has 0 bridgehead atoms. The van der Waals surface area contributed by atoms with Crippen LogP contribution in [-0.4, -0.2) is 27.3 Å². The second-order valence-corrected chi connectivity index (χ2v) is 6.88. The Bertz CT molecular complexity index is 194. The van der Waals surface area contributed by atoms with Gasteiger partial charge in [0.15, 0.2) is 0 Å². The highest BCUT2D eigenvalue weighted by atomic mass is 32.2. The molecule has 0 fully saturated rings. The SMILES string of the molecule is CCCNC(CCC)C(CC)S(=O)C(C)C. The van der Waals surface area contributed by atoms with Gasteiger partial charge in [-0.3, -0.25) is 4.21 Å². The van der Waals surface area contributed by atoms with E-state index in [4.69, 9.17) is 0 Å². The fraction of sp³-hybridized carbons (Fsp3) is 1.00. The maximum absolute atomic E-state index is 12.2. The van der Waals surface area contributed by atoms with E-state index in [1.54, 1.807) is 0 Å². The van der Waals surface area contributed by atoms with Crippen molar-refractivity contribution in [3.05, 3.63) is 0 Å². The molecule has 0 aliphatic heterocycles. The Morgan fingerprint density at radius 2 is 1.75 bits per heavy atom. The van der Waals surface area contributed by atoms with Gasteiger partial charge in [-0.05, 0) is 25.8 Å². The molecule has 3 heteroatoms. The van der Waals surface area contributed by atoms with Crippen LogP contribution in [0, 0.1) is 0 Å². The smallest absolute Gasteiger partial charge is 0.0501 e. The molecule has 0 aromatic rings. The number of hydrogen-bond donors (Lipinski definition) is 1. The minimum absolute atomic E-state index is 0.271. The molecule has 3 atom stereocenters. The van der Waals surface area contributed by atoms with Gasteiger partial charge in [0.1, 0.15) is 0 Å². The largest absolute Gasteiger partial charge is 0.313 e. The van der Waals surface area contributed by atoms with E-state index in [2.05, 4.69) is 39.9 Å². The Morgan fingerprint density at radius 1 is 1.12 bits per heavy atom. The van der Waals surface area contributed by atoms with Crippen molar-refractivity contribution in [3.8, 4) is 0 Å². The van der Waals surface area contributed by atoms with Crippen LogP contribution in [0.4, 0.5) is 0 Å². The van der Waals surface area contributed by atoms with Crippen LogP contribution in [0.2, 0.25) is 0 Å². The molecule has 0 spiro atoms.